The van der Waals surface area contributed by atoms with Crippen molar-refractivity contribution in [3.63, 3.8) is 0 Å². The second-order valence-corrected chi connectivity index (χ2v) is 5.89. The molecule has 1 aromatic carbocycles. The first-order valence-corrected chi connectivity index (χ1v) is 7.32. The summed E-state index contributed by atoms with van der Waals surface area (Å²) in [6.07, 6.45) is 2.60. The van der Waals surface area contributed by atoms with E-state index in [1.807, 2.05) is 25.1 Å². The van der Waals surface area contributed by atoms with Gasteiger partial charge in [0.15, 0.2) is 0 Å². The Hall–Kier alpha value is -1.55. The second kappa shape index (κ2) is 6.27. The average molecular weight is 276 g/mol. The first-order valence-electron chi connectivity index (χ1n) is 7.32. The quantitative estimate of drug-likeness (QED) is 0.773. The van der Waals surface area contributed by atoms with E-state index in [4.69, 9.17) is 0 Å². The minimum Gasteiger partial charge on any atom is -0.388 e. The number of hydrogen-bond acceptors (Lipinski definition) is 2. The van der Waals surface area contributed by atoms with Gasteiger partial charge in [-0.25, -0.2) is 4.79 Å². The van der Waals surface area contributed by atoms with E-state index in [2.05, 4.69) is 29.7 Å². The minimum atomic E-state index is -0.675. The third-order valence-corrected chi connectivity index (χ3v) is 4.30. The fraction of sp³-hybridized carbons (Fsp3) is 0.562. The standard InChI is InChI=1S/C16H24N2O2/c1-12(14-7-4-3-5-8-14)13(2)18-15(19)17-11-16(20)9-6-10-16/h3-5,7-8,12-13,20H,6,9-11H2,1-2H3,(H2,17,18,19). The molecule has 0 saturated heterocycles. The maximum atomic E-state index is 11.8. The van der Waals surface area contributed by atoms with Gasteiger partial charge in [0, 0.05) is 18.5 Å². The first kappa shape index (κ1) is 14.9. The summed E-state index contributed by atoms with van der Waals surface area (Å²) in [6, 6.07) is 9.96. The van der Waals surface area contributed by atoms with Crippen LogP contribution in [0, 0.1) is 0 Å². The van der Waals surface area contributed by atoms with Crippen LogP contribution in [0.1, 0.15) is 44.6 Å². The normalized spacial score (nSPS) is 19.6. The fourth-order valence-corrected chi connectivity index (χ4v) is 2.43. The highest BCUT2D eigenvalue weighted by Gasteiger charge is 2.34. The van der Waals surface area contributed by atoms with Gasteiger partial charge in [-0.1, -0.05) is 37.3 Å². The van der Waals surface area contributed by atoms with E-state index in [1.165, 1.54) is 5.56 Å². The van der Waals surface area contributed by atoms with Crippen molar-refractivity contribution in [2.24, 2.45) is 0 Å². The summed E-state index contributed by atoms with van der Waals surface area (Å²) in [7, 11) is 0. The first-order chi connectivity index (χ1) is 9.50. The smallest absolute Gasteiger partial charge is 0.315 e. The Balaban J connectivity index is 1.78. The summed E-state index contributed by atoms with van der Waals surface area (Å²) in [5.74, 6) is 0.244. The molecule has 2 amide bonds. The zero-order valence-electron chi connectivity index (χ0n) is 12.2. The van der Waals surface area contributed by atoms with Crippen molar-refractivity contribution in [2.75, 3.05) is 6.54 Å². The van der Waals surface area contributed by atoms with Crippen LogP contribution in [-0.2, 0) is 0 Å². The highest BCUT2D eigenvalue weighted by Crippen LogP contribution is 2.30. The Morgan fingerprint density at radius 3 is 2.50 bits per heavy atom. The van der Waals surface area contributed by atoms with Gasteiger partial charge in [-0.2, -0.15) is 0 Å². The molecule has 2 atom stereocenters. The predicted molar refractivity (Wildman–Crippen MR) is 79.7 cm³/mol. The van der Waals surface area contributed by atoms with E-state index in [-0.39, 0.29) is 18.0 Å². The van der Waals surface area contributed by atoms with Crippen molar-refractivity contribution < 1.29 is 9.90 Å². The number of benzene rings is 1. The van der Waals surface area contributed by atoms with Gasteiger partial charge in [-0.3, -0.25) is 0 Å². The van der Waals surface area contributed by atoms with Crippen molar-refractivity contribution in [3.05, 3.63) is 35.9 Å². The molecular weight excluding hydrogens is 252 g/mol. The van der Waals surface area contributed by atoms with E-state index in [0.717, 1.165) is 19.3 Å². The number of aliphatic hydroxyl groups is 1. The number of urea groups is 1. The van der Waals surface area contributed by atoms with Gasteiger partial charge in [0.25, 0.3) is 0 Å². The summed E-state index contributed by atoms with van der Waals surface area (Å²) in [5.41, 5.74) is 0.531. The Morgan fingerprint density at radius 1 is 1.30 bits per heavy atom. The molecule has 0 aliphatic heterocycles. The minimum absolute atomic E-state index is 0.0356. The molecule has 0 bridgehead atoms. The summed E-state index contributed by atoms with van der Waals surface area (Å²) in [4.78, 5) is 11.8. The lowest BCUT2D eigenvalue weighted by atomic mass is 9.80. The van der Waals surface area contributed by atoms with Crippen molar-refractivity contribution in [3.8, 4) is 0 Å². The lowest BCUT2D eigenvalue weighted by Gasteiger charge is -2.36. The Bertz CT molecular complexity index is 443. The highest BCUT2D eigenvalue weighted by atomic mass is 16.3. The van der Waals surface area contributed by atoms with Crippen LogP contribution in [0.15, 0.2) is 30.3 Å². The molecule has 110 valence electrons. The van der Waals surface area contributed by atoms with Crippen molar-refractivity contribution in [1.82, 2.24) is 10.6 Å². The molecule has 1 fully saturated rings. The molecule has 20 heavy (non-hydrogen) atoms. The molecule has 0 heterocycles. The molecule has 1 aromatic rings. The van der Waals surface area contributed by atoms with Crippen LogP contribution in [0.25, 0.3) is 0 Å². The van der Waals surface area contributed by atoms with Gasteiger partial charge < -0.3 is 15.7 Å². The molecule has 4 heteroatoms. The Labute approximate surface area is 120 Å². The Morgan fingerprint density at radius 2 is 1.95 bits per heavy atom. The highest BCUT2D eigenvalue weighted by molar-refractivity contribution is 5.74. The van der Waals surface area contributed by atoms with E-state index in [0.29, 0.717) is 6.54 Å². The number of nitrogens with one attached hydrogen (secondary N) is 2. The SMILES string of the molecule is CC(NC(=O)NCC1(O)CCC1)C(C)c1ccccc1. The topological polar surface area (TPSA) is 61.4 Å². The van der Waals surface area contributed by atoms with E-state index in [1.54, 1.807) is 0 Å². The number of amides is 2. The number of rotatable bonds is 5. The van der Waals surface area contributed by atoms with Crippen LogP contribution in [0.5, 0.6) is 0 Å². The third kappa shape index (κ3) is 3.73. The maximum absolute atomic E-state index is 11.8. The zero-order valence-corrected chi connectivity index (χ0v) is 12.2. The molecule has 0 radical (unpaired) electrons. The molecule has 4 nitrogen and oxygen atoms in total. The number of hydrogen-bond donors (Lipinski definition) is 3. The lowest BCUT2D eigenvalue weighted by molar-refractivity contribution is -0.0290. The summed E-state index contributed by atoms with van der Waals surface area (Å²) >= 11 is 0. The van der Waals surface area contributed by atoms with Crippen LogP contribution in [0.2, 0.25) is 0 Å². The van der Waals surface area contributed by atoms with Crippen LogP contribution in [-0.4, -0.2) is 29.3 Å². The lowest BCUT2D eigenvalue weighted by Crippen LogP contribution is -2.51. The third-order valence-electron chi connectivity index (χ3n) is 4.30. The van der Waals surface area contributed by atoms with Gasteiger partial charge in [0.2, 0.25) is 0 Å². The van der Waals surface area contributed by atoms with E-state index in [9.17, 15) is 9.90 Å². The molecule has 1 aliphatic rings. The molecule has 1 saturated carbocycles. The van der Waals surface area contributed by atoms with Gasteiger partial charge in [0.05, 0.1) is 5.60 Å². The van der Waals surface area contributed by atoms with Gasteiger partial charge in [0.1, 0.15) is 0 Å². The monoisotopic (exact) mass is 276 g/mol. The van der Waals surface area contributed by atoms with Crippen molar-refractivity contribution in [2.45, 2.75) is 50.7 Å². The van der Waals surface area contributed by atoms with Crippen LogP contribution >= 0.6 is 0 Å². The largest absolute Gasteiger partial charge is 0.388 e. The van der Waals surface area contributed by atoms with Gasteiger partial charge in [-0.15, -0.1) is 0 Å². The molecule has 2 rings (SSSR count). The van der Waals surface area contributed by atoms with Crippen LogP contribution < -0.4 is 10.6 Å². The number of carbonyl (C=O) groups is 1. The van der Waals surface area contributed by atoms with Gasteiger partial charge in [-0.05, 0) is 31.7 Å². The molecule has 2 unspecified atom stereocenters. The summed E-state index contributed by atoms with van der Waals surface area (Å²) in [6.45, 7) is 4.43. The van der Waals surface area contributed by atoms with Gasteiger partial charge >= 0.3 is 6.03 Å². The predicted octanol–water partition coefficient (Wildman–Crippen LogP) is 2.39. The Kier molecular flexibility index (Phi) is 4.65. The molecule has 0 spiro atoms. The number of carbonyl (C=O) groups excluding carboxylic acids is 1. The average Bonchev–Trinajstić information content (AvgIpc) is 2.43. The van der Waals surface area contributed by atoms with E-state index >= 15 is 0 Å². The van der Waals surface area contributed by atoms with Crippen LogP contribution in [0.3, 0.4) is 0 Å². The molecular formula is C16H24N2O2. The van der Waals surface area contributed by atoms with Crippen LogP contribution in [0.4, 0.5) is 4.79 Å². The molecule has 3 N–H and O–H groups in total. The fourth-order valence-electron chi connectivity index (χ4n) is 2.43. The zero-order chi connectivity index (χ0) is 14.6. The summed E-state index contributed by atoms with van der Waals surface area (Å²) in [5, 5.41) is 15.6. The maximum Gasteiger partial charge on any atom is 0.315 e. The molecule has 0 aromatic heterocycles. The molecule has 1 aliphatic carbocycles. The van der Waals surface area contributed by atoms with E-state index < -0.39 is 5.60 Å². The second-order valence-electron chi connectivity index (χ2n) is 5.89. The van der Waals surface area contributed by atoms with Crippen molar-refractivity contribution >= 4 is 6.03 Å². The summed E-state index contributed by atoms with van der Waals surface area (Å²) < 4.78 is 0. The van der Waals surface area contributed by atoms with Crippen molar-refractivity contribution in [1.29, 1.82) is 0 Å².